The molecule has 0 saturated heterocycles. The van der Waals surface area contributed by atoms with Gasteiger partial charge in [0.15, 0.2) is 0 Å². The molecule has 0 aliphatic rings. The van der Waals surface area contributed by atoms with Gasteiger partial charge in [0.1, 0.15) is 0 Å². The highest BCUT2D eigenvalue weighted by atomic mass is 35.5. The molecule has 3 nitrogen and oxygen atoms in total. The average molecular weight is 316 g/mol. The number of halogens is 4. The molecule has 0 atom stereocenters. The van der Waals surface area contributed by atoms with E-state index in [0.29, 0.717) is 11.0 Å². The fourth-order valence-corrected chi connectivity index (χ4v) is 1.99. The summed E-state index contributed by atoms with van der Waals surface area (Å²) < 4.78 is 38.3. The molecule has 0 heterocycles. The fraction of sp³-hybridized carbons (Fsp3) is 0.0714. The molecule has 0 aliphatic heterocycles. The van der Waals surface area contributed by atoms with Gasteiger partial charge in [-0.3, -0.25) is 0 Å². The van der Waals surface area contributed by atoms with Crippen molar-refractivity contribution in [3.05, 3.63) is 59.1 Å². The van der Waals surface area contributed by atoms with E-state index in [2.05, 4.69) is 0 Å². The molecule has 0 unspecified atom stereocenters. The van der Waals surface area contributed by atoms with Gasteiger partial charge in [-0.1, -0.05) is 29.8 Å². The Labute approximate surface area is 123 Å². The monoisotopic (exact) mass is 315 g/mol. The van der Waals surface area contributed by atoms with E-state index < -0.39 is 17.8 Å². The first kappa shape index (κ1) is 15.2. The van der Waals surface area contributed by atoms with E-state index in [9.17, 15) is 23.1 Å². The maximum absolute atomic E-state index is 12.8. The smallest absolute Gasteiger partial charge is 0.416 e. The summed E-state index contributed by atoms with van der Waals surface area (Å²) in [6.07, 6.45) is -6.01. The minimum absolute atomic E-state index is 0.0887. The molecule has 110 valence electrons. The molecule has 1 amide bonds. The van der Waals surface area contributed by atoms with Crippen molar-refractivity contribution in [1.82, 2.24) is 0 Å². The van der Waals surface area contributed by atoms with Gasteiger partial charge in [0, 0.05) is 0 Å². The number of para-hydroxylation sites is 1. The van der Waals surface area contributed by atoms with Crippen molar-refractivity contribution in [2.24, 2.45) is 0 Å². The van der Waals surface area contributed by atoms with E-state index in [0.717, 1.165) is 12.1 Å². The molecule has 2 aromatic rings. The van der Waals surface area contributed by atoms with Gasteiger partial charge in [-0.05, 0) is 30.3 Å². The Hall–Kier alpha value is -2.21. The van der Waals surface area contributed by atoms with Gasteiger partial charge in [0.25, 0.3) is 0 Å². The highest BCUT2D eigenvalue weighted by molar-refractivity contribution is 6.34. The number of rotatable bonds is 2. The van der Waals surface area contributed by atoms with Crippen molar-refractivity contribution >= 4 is 29.1 Å². The quantitative estimate of drug-likeness (QED) is 0.830. The number of anilines is 2. The van der Waals surface area contributed by atoms with Crippen LogP contribution in [0.3, 0.4) is 0 Å². The maximum Gasteiger partial charge on any atom is 0.416 e. The predicted octanol–water partition coefficient (Wildman–Crippen LogP) is 5.17. The van der Waals surface area contributed by atoms with Gasteiger partial charge in [0.05, 0.1) is 22.0 Å². The van der Waals surface area contributed by atoms with Crippen LogP contribution < -0.4 is 4.90 Å². The lowest BCUT2D eigenvalue weighted by Gasteiger charge is -2.21. The highest BCUT2D eigenvalue weighted by Crippen LogP contribution is 2.37. The summed E-state index contributed by atoms with van der Waals surface area (Å²) in [6, 6.07) is 10.3. The second-order valence-corrected chi connectivity index (χ2v) is 4.52. The molecule has 0 spiro atoms. The lowest BCUT2D eigenvalue weighted by molar-refractivity contribution is -0.137. The molecule has 0 bridgehead atoms. The summed E-state index contributed by atoms with van der Waals surface area (Å²) in [6.45, 7) is 0. The average Bonchev–Trinajstić information content (AvgIpc) is 2.40. The van der Waals surface area contributed by atoms with Crippen LogP contribution in [0.4, 0.5) is 29.3 Å². The summed E-state index contributed by atoms with van der Waals surface area (Å²) in [5, 5.41) is 9.20. The number of carboxylic acid groups (broad SMARTS) is 1. The van der Waals surface area contributed by atoms with Crippen LogP contribution in [0.1, 0.15) is 5.56 Å². The molecule has 0 fully saturated rings. The van der Waals surface area contributed by atoms with Gasteiger partial charge in [0.2, 0.25) is 0 Å². The van der Waals surface area contributed by atoms with Crippen LogP contribution in [0.5, 0.6) is 0 Å². The Morgan fingerprint density at radius 1 is 1.10 bits per heavy atom. The Morgan fingerprint density at radius 3 is 2.24 bits per heavy atom. The maximum atomic E-state index is 12.8. The van der Waals surface area contributed by atoms with Crippen LogP contribution in [0.25, 0.3) is 0 Å². The molecule has 21 heavy (non-hydrogen) atoms. The van der Waals surface area contributed by atoms with Crippen molar-refractivity contribution < 1.29 is 23.1 Å². The van der Waals surface area contributed by atoms with Crippen molar-refractivity contribution in [2.75, 3.05) is 4.90 Å². The third-order valence-electron chi connectivity index (χ3n) is 2.72. The van der Waals surface area contributed by atoms with Crippen LogP contribution in [0.2, 0.25) is 5.02 Å². The Kier molecular flexibility index (Phi) is 4.09. The largest absolute Gasteiger partial charge is 0.464 e. The van der Waals surface area contributed by atoms with Crippen LogP contribution in [0.15, 0.2) is 48.5 Å². The summed E-state index contributed by atoms with van der Waals surface area (Å²) in [5.74, 6) is 0. The molecule has 0 aromatic heterocycles. The number of alkyl halides is 3. The fourth-order valence-electron chi connectivity index (χ4n) is 1.79. The van der Waals surface area contributed by atoms with Gasteiger partial charge in [-0.15, -0.1) is 0 Å². The first-order chi connectivity index (χ1) is 9.80. The highest BCUT2D eigenvalue weighted by Gasteiger charge is 2.32. The molecular formula is C14H9ClF3NO2. The Balaban J connectivity index is 2.59. The standard InChI is InChI=1S/C14H9ClF3NO2/c15-11-7-6-9(14(16,17)18)8-12(11)19(13(20)21)10-4-2-1-3-5-10/h1-8H,(H,20,21). The lowest BCUT2D eigenvalue weighted by Crippen LogP contribution is -2.24. The predicted molar refractivity (Wildman–Crippen MR) is 73.1 cm³/mol. The summed E-state index contributed by atoms with van der Waals surface area (Å²) in [7, 11) is 0. The van der Waals surface area contributed by atoms with Crippen molar-refractivity contribution in [1.29, 1.82) is 0 Å². The molecule has 0 radical (unpaired) electrons. The molecule has 2 aromatic carbocycles. The van der Waals surface area contributed by atoms with E-state index in [4.69, 9.17) is 11.6 Å². The lowest BCUT2D eigenvalue weighted by atomic mass is 10.1. The van der Waals surface area contributed by atoms with Gasteiger partial charge >= 0.3 is 12.3 Å². The molecule has 2 rings (SSSR count). The van der Waals surface area contributed by atoms with Crippen molar-refractivity contribution in [2.45, 2.75) is 6.18 Å². The summed E-state index contributed by atoms with van der Waals surface area (Å²) in [5.41, 5.74) is -1.01. The van der Waals surface area contributed by atoms with Crippen molar-refractivity contribution in [3.8, 4) is 0 Å². The zero-order chi connectivity index (χ0) is 15.6. The van der Waals surface area contributed by atoms with Crippen LogP contribution in [-0.4, -0.2) is 11.2 Å². The first-order valence-corrected chi connectivity index (χ1v) is 6.13. The van der Waals surface area contributed by atoms with Crippen LogP contribution >= 0.6 is 11.6 Å². The van der Waals surface area contributed by atoms with E-state index in [1.54, 1.807) is 18.2 Å². The molecular weight excluding hydrogens is 307 g/mol. The zero-order valence-electron chi connectivity index (χ0n) is 10.4. The number of benzene rings is 2. The number of carbonyl (C=O) groups is 1. The van der Waals surface area contributed by atoms with Gasteiger partial charge in [-0.25, -0.2) is 9.69 Å². The second-order valence-electron chi connectivity index (χ2n) is 4.12. The van der Waals surface area contributed by atoms with E-state index in [1.807, 2.05) is 0 Å². The van der Waals surface area contributed by atoms with Crippen molar-refractivity contribution in [3.63, 3.8) is 0 Å². The van der Waals surface area contributed by atoms with E-state index in [-0.39, 0.29) is 16.4 Å². The van der Waals surface area contributed by atoms with Gasteiger partial charge in [-0.2, -0.15) is 13.2 Å². The molecule has 0 aliphatic carbocycles. The van der Waals surface area contributed by atoms with Crippen LogP contribution in [0, 0.1) is 0 Å². The summed E-state index contributed by atoms with van der Waals surface area (Å²) >= 11 is 5.86. The third kappa shape index (κ3) is 3.28. The van der Waals surface area contributed by atoms with Crippen LogP contribution in [-0.2, 0) is 6.18 Å². The third-order valence-corrected chi connectivity index (χ3v) is 3.04. The molecule has 1 N–H and O–H groups in total. The van der Waals surface area contributed by atoms with Gasteiger partial charge < -0.3 is 5.11 Å². The normalized spacial score (nSPS) is 11.2. The van der Waals surface area contributed by atoms with E-state index in [1.165, 1.54) is 12.1 Å². The van der Waals surface area contributed by atoms with E-state index >= 15 is 0 Å². The first-order valence-electron chi connectivity index (χ1n) is 5.75. The second kappa shape index (κ2) is 5.65. The SMILES string of the molecule is O=C(O)N(c1ccccc1)c1cc(C(F)(F)F)ccc1Cl. The summed E-state index contributed by atoms with van der Waals surface area (Å²) in [4.78, 5) is 12.1. The number of hydrogen-bond acceptors (Lipinski definition) is 1. The minimum Gasteiger partial charge on any atom is -0.464 e. The molecule has 7 heteroatoms. The Morgan fingerprint density at radius 2 is 1.71 bits per heavy atom. The Bertz CT molecular complexity index is 659. The number of nitrogens with zero attached hydrogens (tertiary/aromatic N) is 1. The number of amides is 1. The number of hydrogen-bond donors (Lipinski definition) is 1. The topological polar surface area (TPSA) is 40.5 Å². The zero-order valence-corrected chi connectivity index (χ0v) is 11.2. The minimum atomic E-state index is -4.58. The molecule has 0 saturated carbocycles.